The predicted molar refractivity (Wildman–Crippen MR) is 107 cm³/mol. The molecule has 0 atom stereocenters. The molecule has 0 radical (unpaired) electrons. The van der Waals surface area contributed by atoms with Gasteiger partial charge in [0.2, 0.25) is 0 Å². The summed E-state index contributed by atoms with van der Waals surface area (Å²) in [4.78, 5) is 26.9. The molecule has 1 heterocycles. The molecule has 3 amide bonds. The Labute approximate surface area is 161 Å². The number of benzene rings is 1. The number of carbonyl (C=O) groups is 2. The molecule has 1 aliphatic rings. The summed E-state index contributed by atoms with van der Waals surface area (Å²) in [5.41, 5.74) is 0.619. The minimum absolute atomic E-state index is 0.157. The van der Waals surface area contributed by atoms with E-state index in [9.17, 15) is 9.59 Å². The molecule has 1 aromatic rings. The number of carbonyl (C=O) groups excluding carboxylic acids is 2. The number of urea groups is 1. The molecule has 7 heteroatoms. The quantitative estimate of drug-likeness (QED) is 0.737. The second-order valence-corrected chi connectivity index (χ2v) is 8.50. The lowest BCUT2D eigenvalue weighted by Gasteiger charge is -2.40. The van der Waals surface area contributed by atoms with E-state index in [-0.39, 0.29) is 23.0 Å². The highest BCUT2D eigenvalue weighted by Crippen LogP contribution is 2.16. The Morgan fingerprint density at radius 2 is 1.78 bits per heavy atom. The van der Waals surface area contributed by atoms with Crippen LogP contribution in [0.4, 0.5) is 10.5 Å². The largest absolute Gasteiger partial charge is 0.379 e. The molecule has 1 aromatic carbocycles. The van der Waals surface area contributed by atoms with Gasteiger partial charge >= 0.3 is 6.03 Å². The molecule has 0 saturated carbocycles. The topological polar surface area (TPSA) is 82.7 Å². The van der Waals surface area contributed by atoms with Crippen LogP contribution in [0.1, 0.15) is 45.0 Å². The number of rotatable bonds is 5. The lowest BCUT2D eigenvalue weighted by atomic mass is 10.0. The maximum Gasteiger partial charge on any atom is 0.319 e. The summed E-state index contributed by atoms with van der Waals surface area (Å²) in [6.07, 6.45) is 0. The molecule has 0 unspecified atom stereocenters. The highest BCUT2D eigenvalue weighted by molar-refractivity contribution is 5.97. The van der Waals surface area contributed by atoms with E-state index in [4.69, 9.17) is 4.74 Å². The molecule has 3 N–H and O–H groups in total. The van der Waals surface area contributed by atoms with Gasteiger partial charge in [0.05, 0.1) is 13.2 Å². The Morgan fingerprint density at radius 3 is 2.41 bits per heavy atom. The summed E-state index contributed by atoms with van der Waals surface area (Å²) in [5, 5.41) is 8.64. The number of hydrogen-bond acceptors (Lipinski definition) is 4. The fourth-order valence-electron chi connectivity index (χ4n) is 2.90. The average Bonchev–Trinajstić information content (AvgIpc) is 2.60. The fourth-order valence-corrected chi connectivity index (χ4v) is 2.90. The Kier molecular flexibility index (Phi) is 6.84. The molecule has 0 aromatic heterocycles. The highest BCUT2D eigenvalue weighted by Gasteiger charge is 2.28. The number of anilines is 1. The number of morpholine rings is 1. The van der Waals surface area contributed by atoms with E-state index in [0.717, 1.165) is 26.3 Å². The van der Waals surface area contributed by atoms with E-state index in [1.165, 1.54) is 0 Å². The fraction of sp³-hybridized carbons (Fsp3) is 0.600. The van der Waals surface area contributed by atoms with E-state index in [0.29, 0.717) is 17.8 Å². The first-order valence-electron chi connectivity index (χ1n) is 9.37. The van der Waals surface area contributed by atoms with Gasteiger partial charge in [-0.1, -0.05) is 6.07 Å². The monoisotopic (exact) mass is 376 g/mol. The van der Waals surface area contributed by atoms with Gasteiger partial charge in [-0.2, -0.15) is 0 Å². The number of nitrogens with zero attached hydrogens (tertiary/aromatic N) is 1. The SMILES string of the molecule is CC(C)(C)NC(=O)c1cccc(NC(=O)NCC(C)(C)N2CCOCC2)c1. The molecule has 150 valence electrons. The molecule has 0 aliphatic carbocycles. The minimum Gasteiger partial charge on any atom is -0.379 e. The van der Waals surface area contributed by atoms with Gasteiger partial charge in [-0.25, -0.2) is 4.79 Å². The molecular formula is C20H32N4O3. The van der Waals surface area contributed by atoms with Crippen molar-refractivity contribution in [3.8, 4) is 0 Å². The molecular weight excluding hydrogens is 344 g/mol. The van der Waals surface area contributed by atoms with E-state index in [2.05, 4.69) is 34.7 Å². The normalized spacial score (nSPS) is 15.9. The molecule has 0 spiro atoms. The van der Waals surface area contributed by atoms with Gasteiger partial charge in [0.1, 0.15) is 0 Å². The van der Waals surface area contributed by atoms with Crippen molar-refractivity contribution in [1.82, 2.24) is 15.5 Å². The van der Waals surface area contributed by atoms with Crippen molar-refractivity contribution in [1.29, 1.82) is 0 Å². The lowest BCUT2D eigenvalue weighted by molar-refractivity contribution is -0.00863. The number of hydrogen-bond donors (Lipinski definition) is 3. The van der Waals surface area contributed by atoms with Crippen molar-refractivity contribution in [2.75, 3.05) is 38.2 Å². The van der Waals surface area contributed by atoms with Gasteiger partial charge in [-0.05, 0) is 52.8 Å². The van der Waals surface area contributed by atoms with E-state index in [1.807, 2.05) is 20.8 Å². The van der Waals surface area contributed by atoms with Gasteiger partial charge in [0, 0.05) is 42.0 Å². The smallest absolute Gasteiger partial charge is 0.319 e. The summed E-state index contributed by atoms with van der Waals surface area (Å²) < 4.78 is 5.39. The van der Waals surface area contributed by atoms with E-state index in [1.54, 1.807) is 24.3 Å². The zero-order valence-corrected chi connectivity index (χ0v) is 17.0. The van der Waals surface area contributed by atoms with Gasteiger partial charge in [0.25, 0.3) is 5.91 Å². The second kappa shape index (κ2) is 8.71. The van der Waals surface area contributed by atoms with Crippen molar-refractivity contribution in [2.24, 2.45) is 0 Å². The molecule has 1 aliphatic heterocycles. The van der Waals surface area contributed by atoms with Crippen molar-refractivity contribution in [2.45, 2.75) is 45.7 Å². The first-order chi connectivity index (χ1) is 12.6. The van der Waals surface area contributed by atoms with Gasteiger partial charge in [-0.3, -0.25) is 9.69 Å². The summed E-state index contributed by atoms with van der Waals surface area (Å²) >= 11 is 0. The molecule has 1 saturated heterocycles. The van der Waals surface area contributed by atoms with Crippen LogP contribution in [0.25, 0.3) is 0 Å². The van der Waals surface area contributed by atoms with E-state index < -0.39 is 0 Å². The Morgan fingerprint density at radius 1 is 1.11 bits per heavy atom. The van der Waals surface area contributed by atoms with Crippen LogP contribution in [-0.4, -0.2) is 60.8 Å². The van der Waals surface area contributed by atoms with Gasteiger partial charge in [-0.15, -0.1) is 0 Å². The Bertz CT molecular complexity index is 661. The van der Waals surface area contributed by atoms with E-state index >= 15 is 0 Å². The first kappa shape index (κ1) is 21.2. The molecule has 2 rings (SSSR count). The Balaban J connectivity index is 1.90. The Hall–Kier alpha value is -2.12. The third kappa shape index (κ3) is 6.84. The minimum atomic E-state index is -0.317. The van der Waals surface area contributed by atoms with Crippen LogP contribution in [-0.2, 0) is 4.74 Å². The van der Waals surface area contributed by atoms with Crippen molar-refractivity contribution < 1.29 is 14.3 Å². The van der Waals surface area contributed by atoms with Crippen molar-refractivity contribution >= 4 is 17.6 Å². The maximum atomic E-state index is 12.3. The maximum absolute atomic E-state index is 12.3. The van der Waals surface area contributed by atoms with Gasteiger partial charge in [0.15, 0.2) is 0 Å². The van der Waals surface area contributed by atoms with Crippen LogP contribution < -0.4 is 16.0 Å². The number of nitrogens with one attached hydrogen (secondary N) is 3. The standard InChI is InChI=1S/C20H32N4O3/c1-19(2,3)23-17(25)15-7-6-8-16(13-15)22-18(26)21-14-20(4,5)24-9-11-27-12-10-24/h6-8,13H,9-12,14H2,1-5H3,(H,23,25)(H2,21,22,26). The van der Waals surface area contributed by atoms with Crippen LogP contribution >= 0.6 is 0 Å². The zero-order valence-electron chi connectivity index (χ0n) is 17.0. The predicted octanol–water partition coefficient (Wildman–Crippen LogP) is 2.45. The van der Waals surface area contributed by atoms with Crippen molar-refractivity contribution in [3.63, 3.8) is 0 Å². The number of amides is 3. The van der Waals surface area contributed by atoms with Crippen LogP contribution in [0.5, 0.6) is 0 Å². The van der Waals surface area contributed by atoms with Crippen molar-refractivity contribution in [3.05, 3.63) is 29.8 Å². The highest BCUT2D eigenvalue weighted by atomic mass is 16.5. The molecule has 1 fully saturated rings. The van der Waals surface area contributed by atoms with Crippen LogP contribution in [0.3, 0.4) is 0 Å². The summed E-state index contributed by atoms with van der Waals surface area (Å²) in [6.45, 7) is 13.7. The zero-order chi connectivity index (χ0) is 20.1. The molecule has 0 bridgehead atoms. The average molecular weight is 377 g/mol. The first-order valence-corrected chi connectivity index (χ1v) is 9.37. The molecule has 7 nitrogen and oxygen atoms in total. The lowest BCUT2D eigenvalue weighted by Crippen LogP contribution is -2.55. The second-order valence-electron chi connectivity index (χ2n) is 8.50. The summed E-state index contributed by atoms with van der Waals surface area (Å²) in [7, 11) is 0. The third-order valence-electron chi connectivity index (χ3n) is 4.42. The summed E-state index contributed by atoms with van der Waals surface area (Å²) in [6, 6.07) is 6.63. The van der Waals surface area contributed by atoms with Crippen LogP contribution in [0.2, 0.25) is 0 Å². The van der Waals surface area contributed by atoms with Gasteiger partial charge < -0.3 is 20.7 Å². The third-order valence-corrected chi connectivity index (χ3v) is 4.42. The number of ether oxygens (including phenoxy) is 1. The van der Waals surface area contributed by atoms with Crippen LogP contribution in [0, 0.1) is 0 Å². The molecule has 27 heavy (non-hydrogen) atoms. The van der Waals surface area contributed by atoms with Crippen LogP contribution in [0.15, 0.2) is 24.3 Å². The summed E-state index contributed by atoms with van der Waals surface area (Å²) in [5.74, 6) is -0.167.